The van der Waals surface area contributed by atoms with Crippen LogP contribution in [0, 0.1) is 0 Å². The van der Waals surface area contributed by atoms with E-state index >= 15 is 0 Å². The van der Waals surface area contributed by atoms with Gasteiger partial charge in [-0.3, -0.25) is 0 Å². The van der Waals surface area contributed by atoms with Gasteiger partial charge in [0.2, 0.25) is 0 Å². The van der Waals surface area contributed by atoms with Crippen LogP contribution in [0.15, 0.2) is 36.4 Å². The lowest BCUT2D eigenvalue weighted by Gasteiger charge is -2.28. The molecule has 0 radical (unpaired) electrons. The quantitative estimate of drug-likeness (QED) is 0.859. The summed E-state index contributed by atoms with van der Waals surface area (Å²) in [5.74, 6) is -0.0868. The predicted octanol–water partition coefficient (Wildman–Crippen LogP) is 3.83. The van der Waals surface area contributed by atoms with Crippen molar-refractivity contribution in [3.8, 4) is 0 Å². The molecule has 2 aromatic rings. The largest absolute Gasteiger partial charge is 0.416 e. The number of fused-ring (bicyclic) bond motifs is 2. The summed E-state index contributed by atoms with van der Waals surface area (Å²) < 4.78 is 44.4. The van der Waals surface area contributed by atoms with Gasteiger partial charge in [-0.2, -0.15) is 13.2 Å². The monoisotopic (exact) mass is 334 g/mol. The number of aliphatic hydroxyl groups excluding tert-OH is 1. The predicted molar refractivity (Wildman–Crippen MR) is 82.8 cm³/mol. The van der Waals surface area contributed by atoms with Crippen LogP contribution in [-0.4, -0.2) is 17.8 Å². The summed E-state index contributed by atoms with van der Waals surface area (Å²) in [6.45, 7) is 0.651. The lowest BCUT2D eigenvalue weighted by Crippen LogP contribution is -2.20. The molecule has 0 aromatic heterocycles. The maximum Gasteiger partial charge on any atom is 0.416 e. The van der Waals surface area contributed by atoms with Crippen molar-refractivity contribution >= 4 is 0 Å². The first-order chi connectivity index (χ1) is 11.4. The molecule has 0 amide bonds. The molecule has 2 nitrogen and oxygen atoms in total. The lowest BCUT2D eigenvalue weighted by molar-refractivity contribution is -0.137. The molecule has 2 aliphatic rings. The van der Waals surface area contributed by atoms with Crippen molar-refractivity contribution in [2.24, 2.45) is 0 Å². The van der Waals surface area contributed by atoms with E-state index in [4.69, 9.17) is 4.74 Å². The van der Waals surface area contributed by atoms with Gasteiger partial charge in [0.25, 0.3) is 0 Å². The van der Waals surface area contributed by atoms with Crippen LogP contribution in [0.1, 0.15) is 39.3 Å². The van der Waals surface area contributed by atoms with Crippen LogP contribution in [0.3, 0.4) is 0 Å². The molecule has 0 bridgehead atoms. The first-order valence-electron chi connectivity index (χ1n) is 8.00. The van der Waals surface area contributed by atoms with E-state index in [2.05, 4.69) is 0 Å². The molecule has 0 saturated heterocycles. The van der Waals surface area contributed by atoms with Gasteiger partial charge in [-0.15, -0.1) is 0 Å². The number of alkyl halides is 3. The molecule has 2 aromatic carbocycles. The normalized spacial score (nSPS) is 23.0. The van der Waals surface area contributed by atoms with E-state index in [1.54, 1.807) is 6.07 Å². The maximum absolute atomic E-state index is 12.9. The Morgan fingerprint density at radius 3 is 2.62 bits per heavy atom. The number of halogens is 3. The van der Waals surface area contributed by atoms with Gasteiger partial charge < -0.3 is 9.84 Å². The second-order valence-corrected chi connectivity index (χ2v) is 6.53. The van der Waals surface area contributed by atoms with Crippen LogP contribution in [0.2, 0.25) is 0 Å². The highest BCUT2D eigenvalue weighted by Crippen LogP contribution is 2.39. The van der Waals surface area contributed by atoms with Crippen LogP contribution >= 0.6 is 0 Å². The van der Waals surface area contributed by atoms with Crippen molar-refractivity contribution in [1.82, 2.24) is 0 Å². The molecule has 1 heterocycles. The zero-order valence-corrected chi connectivity index (χ0v) is 12.9. The molecule has 1 unspecified atom stereocenters. The summed E-state index contributed by atoms with van der Waals surface area (Å²) in [6.07, 6.45) is -3.49. The Morgan fingerprint density at radius 1 is 1.00 bits per heavy atom. The van der Waals surface area contributed by atoms with Crippen molar-refractivity contribution in [3.63, 3.8) is 0 Å². The highest BCUT2D eigenvalue weighted by Gasteiger charge is 2.34. The molecule has 0 fully saturated rings. The van der Waals surface area contributed by atoms with Gasteiger partial charge in [0.05, 0.1) is 24.9 Å². The average molecular weight is 334 g/mol. The van der Waals surface area contributed by atoms with E-state index < -0.39 is 11.7 Å². The number of hydrogen-bond acceptors (Lipinski definition) is 2. The van der Waals surface area contributed by atoms with Gasteiger partial charge in [0, 0.05) is 5.92 Å². The summed E-state index contributed by atoms with van der Waals surface area (Å²) in [7, 11) is 0. The average Bonchev–Trinajstić information content (AvgIpc) is 2.93. The molecular weight excluding hydrogens is 317 g/mol. The molecule has 2 atom stereocenters. The van der Waals surface area contributed by atoms with Crippen molar-refractivity contribution in [2.75, 3.05) is 6.61 Å². The van der Waals surface area contributed by atoms with Gasteiger partial charge in [-0.1, -0.05) is 24.3 Å². The Kier molecular flexibility index (Phi) is 3.66. The molecular formula is C19H17F3O2. The topological polar surface area (TPSA) is 29.5 Å². The molecule has 0 spiro atoms. The summed E-state index contributed by atoms with van der Waals surface area (Å²) in [5.41, 5.74) is 4.15. The fraction of sp³-hybridized carbons (Fsp3) is 0.368. The van der Waals surface area contributed by atoms with Gasteiger partial charge >= 0.3 is 6.18 Å². The Bertz CT molecular complexity index is 783. The van der Waals surface area contributed by atoms with Gasteiger partial charge in [0.1, 0.15) is 0 Å². The van der Waals surface area contributed by atoms with E-state index in [1.165, 1.54) is 6.07 Å². The Morgan fingerprint density at radius 2 is 1.83 bits per heavy atom. The van der Waals surface area contributed by atoms with Crippen LogP contribution in [0.25, 0.3) is 0 Å². The van der Waals surface area contributed by atoms with Crippen molar-refractivity contribution in [3.05, 3.63) is 69.8 Å². The molecule has 4 rings (SSSR count). The molecule has 24 heavy (non-hydrogen) atoms. The zero-order chi connectivity index (χ0) is 16.9. The van der Waals surface area contributed by atoms with Crippen LogP contribution < -0.4 is 0 Å². The molecule has 1 aliphatic heterocycles. The smallest absolute Gasteiger partial charge is 0.392 e. The SMILES string of the molecule is O[C@@H]1Cc2cccc(C3COCc4cc(C(F)(F)F)ccc43)c2C1. The minimum absolute atomic E-state index is 0.0868. The fourth-order valence-electron chi connectivity index (χ4n) is 3.86. The molecule has 0 saturated carbocycles. The summed E-state index contributed by atoms with van der Waals surface area (Å²) in [6, 6.07) is 9.87. The first kappa shape index (κ1) is 15.7. The third kappa shape index (κ3) is 2.62. The van der Waals surface area contributed by atoms with E-state index in [0.717, 1.165) is 28.3 Å². The second-order valence-electron chi connectivity index (χ2n) is 6.53. The van der Waals surface area contributed by atoms with E-state index in [9.17, 15) is 18.3 Å². The minimum Gasteiger partial charge on any atom is -0.392 e. The summed E-state index contributed by atoms with van der Waals surface area (Å²) in [5, 5.41) is 9.94. The lowest BCUT2D eigenvalue weighted by atomic mass is 9.83. The number of hydrogen-bond donors (Lipinski definition) is 1. The highest BCUT2D eigenvalue weighted by molar-refractivity contribution is 5.48. The number of benzene rings is 2. The second kappa shape index (κ2) is 5.60. The molecule has 1 aliphatic carbocycles. The molecule has 126 valence electrons. The van der Waals surface area contributed by atoms with Crippen molar-refractivity contribution in [2.45, 2.75) is 37.6 Å². The van der Waals surface area contributed by atoms with Gasteiger partial charge in [-0.05, 0) is 52.8 Å². The standard InChI is InChI=1S/C19H17F3O2/c20-19(21,22)13-4-5-15-12(6-13)9-24-10-18(15)16-3-1-2-11-7-14(23)8-17(11)16/h1-6,14,18,23H,7-10H2/t14-,18?/m1/s1. The zero-order valence-electron chi connectivity index (χ0n) is 12.9. The van der Waals surface area contributed by atoms with E-state index in [-0.39, 0.29) is 18.6 Å². The molecule has 1 N–H and O–H groups in total. The highest BCUT2D eigenvalue weighted by atomic mass is 19.4. The van der Waals surface area contributed by atoms with Gasteiger partial charge in [0.15, 0.2) is 0 Å². The Balaban J connectivity index is 1.77. The van der Waals surface area contributed by atoms with E-state index in [0.29, 0.717) is 25.0 Å². The number of rotatable bonds is 1. The number of aliphatic hydroxyl groups is 1. The van der Waals surface area contributed by atoms with E-state index in [1.807, 2.05) is 18.2 Å². The maximum atomic E-state index is 12.9. The fourth-order valence-corrected chi connectivity index (χ4v) is 3.86. The Labute approximate surface area is 137 Å². The van der Waals surface area contributed by atoms with Crippen molar-refractivity contribution < 1.29 is 23.0 Å². The van der Waals surface area contributed by atoms with Gasteiger partial charge in [-0.25, -0.2) is 0 Å². The number of ether oxygens (including phenoxy) is 1. The van der Waals surface area contributed by atoms with Crippen LogP contribution in [0.5, 0.6) is 0 Å². The van der Waals surface area contributed by atoms with Crippen molar-refractivity contribution in [1.29, 1.82) is 0 Å². The third-order valence-corrected chi connectivity index (χ3v) is 4.97. The summed E-state index contributed by atoms with van der Waals surface area (Å²) in [4.78, 5) is 0. The first-order valence-corrected chi connectivity index (χ1v) is 8.00. The summed E-state index contributed by atoms with van der Waals surface area (Å²) >= 11 is 0. The Hall–Kier alpha value is -1.85. The third-order valence-electron chi connectivity index (χ3n) is 4.97. The van der Waals surface area contributed by atoms with Crippen LogP contribution in [-0.2, 0) is 30.4 Å². The minimum atomic E-state index is -4.35. The van der Waals surface area contributed by atoms with Crippen LogP contribution in [0.4, 0.5) is 13.2 Å². The molecule has 5 heteroatoms.